The van der Waals surface area contributed by atoms with Crippen molar-refractivity contribution in [3.63, 3.8) is 0 Å². The fourth-order valence-corrected chi connectivity index (χ4v) is 3.17. The first kappa shape index (κ1) is 14.3. The summed E-state index contributed by atoms with van der Waals surface area (Å²) in [6, 6.07) is 7.37. The number of nitrogens with zero attached hydrogens (tertiary/aromatic N) is 2. The first-order valence-corrected chi connectivity index (χ1v) is 7.65. The average molecular weight is 287 g/mol. The first-order valence-electron chi connectivity index (χ1n) is 7.65. The molecule has 2 atom stereocenters. The predicted molar refractivity (Wildman–Crippen MR) is 82.0 cm³/mol. The van der Waals surface area contributed by atoms with Crippen LogP contribution < -0.4 is 5.32 Å². The van der Waals surface area contributed by atoms with Gasteiger partial charge >= 0.3 is 0 Å². The van der Waals surface area contributed by atoms with Gasteiger partial charge in [0.1, 0.15) is 5.82 Å². The lowest BCUT2D eigenvalue weighted by Gasteiger charge is -2.32. The van der Waals surface area contributed by atoms with Gasteiger partial charge < -0.3 is 5.32 Å². The third-order valence-electron chi connectivity index (χ3n) is 4.34. The Bertz CT molecular complexity index is 606. The average Bonchev–Trinajstić information content (AvgIpc) is 2.97. The van der Waals surface area contributed by atoms with E-state index in [1.54, 1.807) is 12.1 Å². The molecule has 2 aromatic rings. The van der Waals surface area contributed by atoms with Crippen molar-refractivity contribution in [1.82, 2.24) is 15.1 Å². The fraction of sp³-hybridized carbons (Fsp3) is 0.471. The van der Waals surface area contributed by atoms with Crippen molar-refractivity contribution in [2.24, 2.45) is 0 Å². The van der Waals surface area contributed by atoms with Gasteiger partial charge in [0.25, 0.3) is 0 Å². The van der Waals surface area contributed by atoms with Crippen molar-refractivity contribution in [3.05, 3.63) is 53.6 Å². The first-order chi connectivity index (χ1) is 10.1. The summed E-state index contributed by atoms with van der Waals surface area (Å²) in [6.45, 7) is 6.15. The summed E-state index contributed by atoms with van der Waals surface area (Å²) in [5, 5.41) is 7.89. The van der Waals surface area contributed by atoms with Crippen LogP contribution in [-0.2, 0) is 0 Å². The van der Waals surface area contributed by atoms with Crippen LogP contribution in [0.5, 0.6) is 0 Å². The number of nitrogens with one attached hydrogen (secondary N) is 1. The quantitative estimate of drug-likeness (QED) is 0.937. The molecule has 1 aromatic heterocycles. The molecule has 3 rings (SSSR count). The van der Waals surface area contributed by atoms with Crippen LogP contribution in [-0.4, -0.2) is 22.9 Å². The zero-order valence-electron chi connectivity index (χ0n) is 12.6. The van der Waals surface area contributed by atoms with Crippen LogP contribution in [0.4, 0.5) is 4.39 Å². The SMILES string of the molecule is CC(C)n1cc(C2CCNCC2c2cccc(F)c2)cn1. The lowest BCUT2D eigenvalue weighted by Crippen LogP contribution is -2.33. The second-order valence-corrected chi connectivity index (χ2v) is 6.11. The molecule has 1 N–H and O–H groups in total. The highest BCUT2D eigenvalue weighted by molar-refractivity contribution is 5.28. The number of aromatic nitrogens is 2. The minimum atomic E-state index is -0.158. The van der Waals surface area contributed by atoms with Crippen LogP contribution in [0.25, 0.3) is 0 Å². The van der Waals surface area contributed by atoms with E-state index in [1.165, 1.54) is 11.6 Å². The van der Waals surface area contributed by atoms with Gasteiger partial charge in [0.2, 0.25) is 0 Å². The maximum absolute atomic E-state index is 13.5. The molecule has 2 unspecified atom stereocenters. The van der Waals surface area contributed by atoms with E-state index >= 15 is 0 Å². The number of rotatable bonds is 3. The molecule has 21 heavy (non-hydrogen) atoms. The Hall–Kier alpha value is -1.68. The highest BCUT2D eigenvalue weighted by Gasteiger charge is 2.29. The lowest BCUT2D eigenvalue weighted by atomic mass is 9.78. The fourth-order valence-electron chi connectivity index (χ4n) is 3.17. The molecule has 0 radical (unpaired) electrons. The second kappa shape index (κ2) is 5.98. The van der Waals surface area contributed by atoms with Gasteiger partial charge in [-0.05, 0) is 56.0 Å². The summed E-state index contributed by atoms with van der Waals surface area (Å²) >= 11 is 0. The van der Waals surface area contributed by atoms with Crippen molar-refractivity contribution in [2.75, 3.05) is 13.1 Å². The Balaban J connectivity index is 1.90. The molecule has 112 valence electrons. The van der Waals surface area contributed by atoms with E-state index in [-0.39, 0.29) is 5.82 Å². The van der Waals surface area contributed by atoms with E-state index in [1.807, 2.05) is 16.9 Å². The topological polar surface area (TPSA) is 29.9 Å². The molecule has 0 amide bonds. The summed E-state index contributed by atoms with van der Waals surface area (Å²) in [5.74, 6) is 0.550. The molecule has 0 spiro atoms. The number of benzene rings is 1. The van der Waals surface area contributed by atoms with E-state index in [0.29, 0.717) is 17.9 Å². The molecule has 1 aliphatic heterocycles. The maximum atomic E-state index is 13.5. The molecule has 1 aliphatic rings. The molecule has 1 aromatic carbocycles. The van der Waals surface area contributed by atoms with Crippen LogP contribution in [0.15, 0.2) is 36.7 Å². The summed E-state index contributed by atoms with van der Waals surface area (Å²) < 4.78 is 15.5. The van der Waals surface area contributed by atoms with Crippen LogP contribution in [0.2, 0.25) is 0 Å². The smallest absolute Gasteiger partial charge is 0.123 e. The summed E-state index contributed by atoms with van der Waals surface area (Å²) in [4.78, 5) is 0. The summed E-state index contributed by atoms with van der Waals surface area (Å²) in [7, 11) is 0. The lowest BCUT2D eigenvalue weighted by molar-refractivity contribution is 0.402. The van der Waals surface area contributed by atoms with Gasteiger partial charge in [-0.1, -0.05) is 12.1 Å². The van der Waals surface area contributed by atoms with Gasteiger partial charge in [-0.25, -0.2) is 4.39 Å². The third-order valence-corrected chi connectivity index (χ3v) is 4.34. The minimum absolute atomic E-state index is 0.158. The van der Waals surface area contributed by atoms with Crippen molar-refractivity contribution < 1.29 is 4.39 Å². The van der Waals surface area contributed by atoms with Gasteiger partial charge in [-0.3, -0.25) is 4.68 Å². The molecule has 1 fully saturated rings. The van der Waals surface area contributed by atoms with Gasteiger partial charge in [-0.15, -0.1) is 0 Å². The zero-order valence-corrected chi connectivity index (χ0v) is 12.6. The number of halogens is 1. The van der Waals surface area contributed by atoms with Crippen molar-refractivity contribution in [1.29, 1.82) is 0 Å². The van der Waals surface area contributed by atoms with Crippen LogP contribution in [0.1, 0.15) is 49.3 Å². The molecular weight excluding hydrogens is 265 g/mol. The van der Waals surface area contributed by atoms with Crippen LogP contribution >= 0.6 is 0 Å². The molecule has 3 nitrogen and oxygen atoms in total. The van der Waals surface area contributed by atoms with Crippen LogP contribution in [0.3, 0.4) is 0 Å². The van der Waals surface area contributed by atoms with E-state index in [2.05, 4.69) is 30.5 Å². The number of hydrogen-bond acceptors (Lipinski definition) is 2. The van der Waals surface area contributed by atoms with Crippen LogP contribution in [0, 0.1) is 5.82 Å². The normalized spacial score (nSPS) is 22.7. The van der Waals surface area contributed by atoms with E-state index < -0.39 is 0 Å². The molecule has 1 saturated heterocycles. The van der Waals surface area contributed by atoms with Crippen molar-refractivity contribution in [2.45, 2.75) is 38.1 Å². The molecule has 2 heterocycles. The largest absolute Gasteiger partial charge is 0.316 e. The minimum Gasteiger partial charge on any atom is -0.316 e. The number of piperidine rings is 1. The Labute approximate surface area is 125 Å². The maximum Gasteiger partial charge on any atom is 0.123 e. The van der Waals surface area contributed by atoms with Gasteiger partial charge in [0, 0.05) is 24.7 Å². The third kappa shape index (κ3) is 3.00. The second-order valence-electron chi connectivity index (χ2n) is 6.11. The monoisotopic (exact) mass is 287 g/mol. The Morgan fingerprint density at radius 1 is 1.29 bits per heavy atom. The Morgan fingerprint density at radius 3 is 2.86 bits per heavy atom. The highest BCUT2D eigenvalue weighted by atomic mass is 19.1. The van der Waals surface area contributed by atoms with Gasteiger partial charge in [0.15, 0.2) is 0 Å². The van der Waals surface area contributed by atoms with Crippen molar-refractivity contribution >= 4 is 0 Å². The standard InChI is InChI=1S/C17H22FN3/c1-12(2)21-11-14(9-20-21)16-6-7-19-10-17(16)13-4-3-5-15(18)8-13/h3-5,8-9,11-12,16-17,19H,6-7,10H2,1-2H3. The summed E-state index contributed by atoms with van der Waals surface area (Å²) in [6.07, 6.45) is 5.18. The molecule has 0 aliphatic carbocycles. The summed E-state index contributed by atoms with van der Waals surface area (Å²) in [5.41, 5.74) is 2.34. The molecular formula is C17H22FN3. The van der Waals surface area contributed by atoms with Gasteiger partial charge in [-0.2, -0.15) is 5.10 Å². The van der Waals surface area contributed by atoms with E-state index in [9.17, 15) is 4.39 Å². The predicted octanol–water partition coefficient (Wildman–Crippen LogP) is 3.46. The molecule has 0 bridgehead atoms. The Kier molecular flexibility index (Phi) is 4.06. The molecule has 4 heteroatoms. The van der Waals surface area contributed by atoms with Crippen molar-refractivity contribution in [3.8, 4) is 0 Å². The van der Waals surface area contributed by atoms with E-state index in [4.69, 9.17) is 0 Å². The highest BCUT2D eigenvalue weighted by Crippen LogP contribution is 2.37. The zero-order chi connectivity index (χ0) is 14.8. The van der Waals surface area contributed by atoms with Gasteiger partial charge in [0.05, 0.1) is 6.20 Å². The van der Waals surface area contributed by atoms with E-state index in [0.717, 1.165) is 25.1 Å². The number of hydrogen-bond donors (Lipinski definition) is 1. The Morgan fingerprint density at radius 2 is 2.14 bits per heavy atom. The molecule has 0 saturated carbocycles.